The molecular formula is C19H14O10. The second kappa shape index (κ2) is 10.6. The number of carbonyl (C=O) groups is 5. The summed E-state index contributed by atoms with van der Waals surface area (Å²) in [7, 11) is 0. The quantitative estimate of drug-likeness (QED) is 0.365. The lowest BCUT2D eigenvalue weighted by atomic mass is 10.1. The smallest absolute Gasteiger partial charge is 0.414 e. The van der Waals surface area contributed by atoms with E-state index in [-0.39, 0.29) is 5.78 Å². The maximum absolute atomic E-state index is 12.1. The third-order valence-corrected chi connectivity index (χ3v) is 3.07. The summed E-state index contributed by atoms with van der Waals surface area (Å²) in [5.41, 5.74) is 1.65. The fourth-order valence-corrected chi connectivity index (χ4v) is 1.82. The molecule has 0 bridgehead atoms. The van der Waals surface area contributed by atoms with Crippen LogP contribution in [0, 0.1) is 0 Å². The Hall–Kier alpha value is -4.47. The highest BCUT2D eigenvalue weighted by Gasteiger charge is 2.13. The number of hydrogen-bond donors (Lipinski definition) is 4. The lowest BCUT2D eigenvalue weighted by Gasteiger charge is -2.03. The number of benzene rings is 1. The van der Waals surface area contributed by atoms with Crippen LogP contribution in [-0.4, -0.2) is 50.1 Å². The van der Waals surface area contributed by atoms with Crippen LogP contribution in [-0.2, 0) is 19.2 Å². The first kappa shape index (κ1) is 22.6. The van der Waals surface area contributed by atoms with Crippen LogP contribution in [0.15, 0.2) is 65.1 Å². The molecular weight excluding hydrogens is 388 g/mol. The van der Waals surface area contributed by atoms with E-state index in [9.17, 15) is 4.79 Å². The number of aliphatic carboxylic acids is 4. The first-order valence-electron chi connectivity index (χ1n) is 7.64. The van der Waals surface area contributed by atoms with Crippen LogP contribution in [0.25, 0.3) is 11.3 Å². The van der Waals surface area contributed by atoms with Gasteiger partial charge in [-0.1, -0.05) is 42.5 Å². The standard InChI is InChI=1S/C15H10O2.2C2H2O4/c16-15(12-5-2-1-3-6-12)14-10-9-11-7-4-8-13(11)17-14;2*3-1(4)2(5)6/h1-10H;2*(H,3,4)(H,5,6). The highest BCUT2D eigenvalue weighted by molar-refractivity contribution is 6.27. The molecule has 0 spiro atoms. The maximum Gasteiger partial charge on any atom is 0.414 e. The van der Waals surface area contributed by atoms with E-state index >= 15 is 0 Å². The molecule has 3 rings (SSSR count). The Bertz CT molecular complexity index is 939. The Morgan fingerprint density at radius 2 is 1.10 bits per heavy atom. The summed E-state index contributed by atoms with van der Waals surface area (Å²) in [6, 6.07) is 18.5. The van der Waals surface area contributed by atoms with E-state index in [1.807, 2.05) is 42.5 Å². The van der Waals surface area contributed by atoms with Crippen LogP contribution < -0.4 is 0 Å². The van der Waals surface area contributed by atoms with Gasteiger partial charge < -0.3 is 24.8 Å². The molecule has 0 saturated heterocycles. The van der Waals surface area contributed by atoms with E-state index in [1.165, 1.54) is 0 Å². The molecule has 0 radical (unpaired) electrons. The average Bonchev–Trinajstić information content (AvgIpc) is 3.16. The molecule has 10 heteroatoms. The van der Waals surface area contributed by atoms with Gasteiger partial charge in [-0.25, -0.2) is 19.2 Å². The summed E-state index contributed by atoms with van der Waals surface area (Å²) < 4.78 is 5.57. The van der Waals surface area contributed by atoms with E-state index < -0.39 is 23.9 Å². The maximum atomic E-state index is 12.1. The van der Waals surface area contributed by atoms with Gasteiger partial charge in [-0.05, 0) is 18.2 Å². The van der Waals surface area contributed by atoms with Gasteiger partial charge in [0.1, 0.15) is 5.76 Å². The van der Waals surface area contributed by atoms with Crippen molar-refractivity contribution in [2.45, 2.75) is 0 Å². The zero-order valence-electron chi connectivity index (χ0n) is 14.5. The third kappa shape index (κ3) is 7.35. The minimum atomic E-state index is -1.82. The van der Waals surface area contributed by atoms with E-state index in [0.29, 0.717) is 11.3 Å². The average molecular weight is 402 g/mol. The summed E-state index contributed by atoms with van der Waals surface area (Å²) in [6.07, 6.45) is 0. The zero-order chi connectivity index (χ0) is 22.0. The molecule has 10 nitrogen and oxygen atoms in total. The predicted octanol–water partition coefficient (Wildman–Crippen LogP) is 1.93. The van der Waals surface area contributed by atoms with Crippen LogP contribution >= 0.6 is 0 Å². The molecule has 0 fully saturated rings. The topological polar surface area (TPSA) is 179 Å². The van der Waals surface area contributed by atoms with Gasteiger partial charge in [0.15, 0.2) is 5.76 Å². The Labute approximate surface area is 162 Å². The zero-order valence-corrected chi connectivity index (χ0v) is 14.5. The van der Waals surface area contributed by atoms with Crippen LogP contribution in [0.2, 0.25) is 0 Å². The second-order valence-electron chi connectivity index (χ2n) is 5.06. The summed E-state index contributed by atoms with van der Waals surface area (Å²) in [6.45, 7) is 0. The summed E-state index contributed by atoms with van der Waals surface area (Å²) in [5, 5.41) is 29.6. The first-order chi connectivity index (χ1) is 13.6. The molecule has 0 atom stereocenters. The van der Waals surface area contributed by atoms with Gasteiger partial charge in [0.25, 0.3) is 0 Å². The van der Waals surface area contributed by atoms with Crippen LogP contribution in [0.1, 0.15) is 16.1 Å². The Morgan fingerprint density at radius 1 is 0.586 bits per heavy atom. The minimum absolute atomic E-state index is 0.0892. The third-order valence-electron chi connectivity index (χ3n) is 3.07. The van der Waals surface area contributed by atoms with Crippen molar-refractivity contribution in [3.63, 3.8) is 0 Å². The lowest BCUT2D eigenvalue weighted by Crippen LogP contribution is -2.09. The fraction of sp³-hybridized carbons (Fsp3) is 0. The number of carbonyl (C=O) groups excluding carboxylic acids is 1. The minimum Gasteiger partial charge on any atom is -0.473 e. The Balaban J connectivity index is 0.000000293. The van der Waals surface area contributed by atoms with Crippen molar-refractivity contribution in [3.8, 4) is 11.3 Å². The number of fused-ring (bicyclic) bond motifs is 1. The summed E-state index contributed by atoms with van der Waals surface area (Å²) in [4.78, 5) is 48.5. The van der Waals surface area contributed by atoms with Gasteiger partial charge in [0, 0.05) is 11.1 Å². The number of carboxylic acids is 4. The number of ketones is 1. The van der Waals surface area contributed by atoms with Crippen molar-refractivity contribution < 1.29 is 48.8 Å². The predicted molar refractivity (Wildman–Crippen MR) is 95.7 cm³/mol. The summed E-state index contributed by atoms with van der Waals surface area (Å²) in [5.74, 6) is -6.27. The molecule has 2 aliphatic rings. The van der Waals surface area contributed by atoms with Gasteiger partial charge in [0.05, 0.1) is 0 Å². The molecule has 4 N–H and O–H groups in total. The summed E-state index contributed by atoms with van der Waals surface area (Å²) >= 11 is 0. The van der Waals surface area contributed by atoms with Crippen molar-refractivity contribution >= 4 is 29.7 Å². The highest BCUT2D eigenvalue weighted by atomic mass is 16.4. The van der Waals surface area contributed by atoms with E-state index in [0.717, 1.165) is 11.3 Å². The van der Waals surface area contributed by atoms with Crippen LogP contribution in [0.3, 0.4) is 0 Å². The largest absolute Gasteiger partial charge is 0.473 e. The first-order valence-corrected chi connectivity index (χ1v) is 7.64. The molecule has 1 aliphatic heterocycles. The fourth-order valence-electron chi connectivity index (χ4n) is 1.82. The van der Waals surface area contributed by atoms with Gasteiger partial charge >= 0.3 is 23.9 Å². The van der Waals surface area contributed by atoms with Crippen molar-refractivity contribution in [1.29, 1.82) is 0 Å². The number of hydrogen-bond acceptors (Lipinski definition) is 6. The normalized spacial score (nSPS) is 9.24. The number of rotatable bonds is 2. The SMILES string of the molecule is O=C(O)C(=O)O.O=C(O)C(=O)O.O=C(c1ccccc1)c1ccc2cccc-2o1. The van der Waals surface area contributed by atoms with Gasteiger partial charge in [-0.15, -0.1) is 0 Å². The van der Waals surface area contributed by atoms with E-state index in [4.69, 9.17) is 44.0 Å². The molecule has 29 heavy (non-hydrogen) atoms. The van der Waals surface area contributed by atoms with Gasteiger partial charge in [-0.3, -0.25) is 4.79 Å². The Kier molecular flexibility index (Phi) is 8.27. The lowest BCUT2D eigenvalue weighted by molar-refractivity contribution is -0.159. The molecule has 0 unspecified atom stereocenters. The van der Waals surface area contributed by atoms with Crippen molar-refractivity contribution in [3.05, 3.63) is 72.0 Å². The van der Waals surface area contributed by atoms with Crippen LogP contribution in [0.4, 0.5) is 0 Å². The molecule has 0 amide bonds. The van der Waals surface area contributed by atoms with Crippen molar-refractivity contribution in [1.82, 2.24) is 0 Å². The van der Waals surface area contributed by atoms with Crippen molar-refractivity contribution in [2.75, 3.05) is 0 Å². The molecule has 1 aliphatic carbocycles. The van der Waals surface area contributed by atoms with Crippen molar-refractivity contribution in [2.24, 2.45) is 0 Å². The van der Waals surface area contributed by atoms with Crippen LogP contribution in [0.5, 0.6) is 0 Å². The second-order valence-corrected chi connectivity index (χ2v) is 5.06. The number of carboxylic acid groups (broad SMARTS) is 4. The van der Waals surface area contributed by atoms with Gasteiger partial charge in [-0.2, -0.15) is 0 Å². The molecule has 1 aromatic rings. The van der Waals surface area contributed by atoms with E-state index in [2.05, 4.69) is 0 Å². The molecule has 0 aromatic heterocycles. The highest BCUT2D eigenvalue weighted by Crippen LogP contribution is 2.25. The molecule has 150 valence electrons. The van der Waals surface area contributed by atoms with Gasteiger partial charge in [0.2, 0.25) is 5.78 Å². The van der Waals surface area contributed by atoms with E-state index in [1.54, 1.807) is 18.2 Å². The molecule has 1 aromatic carbocycles. The molecule has 1 heterocycles. The Morgan fingerprint density at radius 3 is 1.59 bits per heavy atom. The molecule has 0 saturated carbocycles. The monoisotopic (exact) mass is 402 g/mol.